The fourth-order valence-electron chi connectivity index (χ4n) is 2.17. The first-order chi connectivity index (χ1) is 9.20. The molecule has 0 unspecified atom stereocenters. The first kappa shape index (κ1) is 11.3. The maximum atomic E-state index is 8.96. The lowest BCUT2D eigenvalue weighted by molar-refractivity contribution is 1.17. The van der Waals surface area contributed by atoms with Crippen molar-refractivity contribution in [3.05, 3.63) is 53.7 Å². The van der Waals surface area contributed by atoms with Crippen molar-refractivity contribution >= 4 is 11.5 Å². The number of benzene rings is 1. The number of nitrogens with zero attached hydrogens (tertiary/aromatic N) is 3. The van der Waals surface area contributed by atoms with Gasteiger partial charge in [0.05, 0.1) is 11.6 Å². The summed E-state index contributed by atoms with van der Waals surface area (Å²) in [5, 5.41) is 8.96. The molecule has 19 heavy (non-hydrogen) atoms. The van der Waals surface area contributed by atoms with E-state index in [-0.39, 0.29) is 0 Å². The molecule has 0 saturated carbocycles. The molecule has 2 heterocycles. The van der Waals surface area contributed by atoms with E-state index in [1.165, 1.54) is 0 Å². The summed E-state index contributed by atoms with van der Waals surface area (Å²) in [6.07, 6.45) is 1.89. The summed E-state index contributed by atoms with van der Waals surface area (Å²) in [7, 11) is 0. The Morgan fingerprint density at radius 3 is 2.84 bits per heavy atom. The Hall–Kier alpha value is -2.80. The highest BCUT2D eigenvalue weighted by atomic mass is 15.1. The highest BCUT2D eigenvalue weighted by Crippen LogP contribution is 2.27. The molecule has 92 valence electrons. The van der Waals surface area contributed by atoms with Gasteiger partial charge >= 0.3 is 0 Å². The van der Waals surface area contributed by atoms with Crippen LogP contribution in [0.5, 0.6) is 0 Å². The monoisotopic (exact) mass is 248 g/mol. The number of aryl methyl sites for hydroxylation is 1. The largest absolute Gasteiger partial charge is 0.383 e. The second-order valence-corrected chi connectivity index (χ2v) is 4.42. The van der Waals surface area contributed by atoms with Gasteiger partial charge in [0.15, 0.2) is 0 Å². The number of hydrogen-bond acceptors (Lipinski definition) is 3. The summed E-state index contributed by atoms with van der Waals surface area (Å²) in [6, 6.07) is 13.4. The third-order valence-corrected chi connectivity index (χ3v) is 3.15. The minimum absolute atomic E-state index is 0.591. The van der Waals surface area contributed by atoms with Crippen molar-refractivity contribution in [1.29, 1.82) is 5.26 Å². The number of hydrogen-bond donors (Lipinski definition) is 1. The van der Waals surface area contributed by atoms with Gasteiger partial charge in [0.1, 0.15) is 17.2 Å². The number of nitriles is 1. The molecule has 0 atom stereocenters. The van der Waals surface area contributed by atoms with Crippen LogP contribution in [0.25, 0.3) is 16.9 Å². The molecule has 0 bridgehead atoms. The number of imidazole rings is 1. The number of aromatic nitrogens is 2. The Morgan fingerprint density at radius 2 is 2.11 bits per heavy atom. The molecule has 0 fully saturated rings. The molecule has 0 spiro atoms. The Morgan fingerprint density at radius 1 is 1.26 bits per heavy atom. The number of nitrogens with two attached hydrogens (primary N) is 1. The van der Waals surface area contributed by atoms with Crippen LogP contribution in [0.4, 0.5) is 5.82 Å². The second-order valence-electron chi connectivity index (χ2n) is 4.42. The summed E-state index contributed by atoms with van der Waals surface area (Å²) < 4.78 is 1.86. The van der Waals surface area contributed by atoms with Gasteiger partial charge in [0.2, 0.25) is 0 Å². The first-order valence-corrected chi connectivity index (χ1v) is 5.94. The molecule has 0 aliphatic rings. The molecule has 2 N–H and O–H groups in total. The van der Waals surface area contributed by atoms with Gasteiger partial charge < -0.3 is 5.73 Å². The zero-order valence-corrected chi connectivity index (χ0v) is 10.5. The normalized spacial score (nSPS) is 10.5. The SMILES string of the molecule is Cc1cccn2c(N)c(-c3cccc(C#N)c3)nc12. The van der Waals surface area contributed by atoms with Crippen LogP contribution in [-0.4, -0.2) is 9.38 Å². The van der Waals surface area contributed by atoms with Crippen molar-refractivity contribution < 1.29 is 0 Å². The zero-order valence-electron chi connectivity index (χ0n) is 10.5. The molecule has 0 aliphatic carbocycles. The number of fused-ring (bicyclic) bond motifs is 1. The van der Waals surface area contributed by atoms with Crippen molar-refractivity contribution in [2.75, 3.05) is 5.73 Å². The van der Waals surface area contributed by atoms with Crippen LogP contribution in [0, 0.1) is 18.3 Å². The number of anilines is 1. The van der Waals surface area contributed by atoms with Crippen LogP contribution in [-0.2, 0) is 0 Å². The topological polar surface area (TPSA) is 67.1 Å². The molecule has 0 saturated heterocycles. The van der Waals surface area contributed by atoms with Gasteiger partial charge in [-0.1, -0.05) is 18.2 Å². The standard InChI is InChI=1S/C15H12N4/c1-10-4-3-7-19-14(17)13(18-15(10)19)12-6-2-5-11(8-12)9-16/h2-8H,17H2,1H3. The van der Waals surface area contributed by atoms with E-state index in [4.69, 9.17) is 11.0 Å². The first-order valence-electron chi connectivity index (χ1n) is 5.94. The number of pyridine rings is 1. The Labute approximate surface area is 110 Å². The van der Waals surface area contributed by atoms with Gasteiger partial charge in [0, 0.05) is 11.8 Å². The summed E-state index contributed by atoms with van der Waals surface area (Å²) in [6.45, 7) is 2.00. The average molecular weight is 248 g/mol. The van der Waals surface area contributed by atoms with E-state index in [0.29, 0.717) is 17.1 Å². The molecule has 0 aliphatic heterocycles. The summed E-state index contributed by atoms with van der Waals surface area (Å²) in [5.74, 6) is 0.591. The molecule has 1 aromatic carbocycles. The quantitative estimate of drug-likeness (QED) is 0.720. The van der Waals surface area contributed by atoms with Crippen LogP contribution < -0.4 is 5.73 Å². The van der Waals surface area contributed by atoms with Gasteiger partial charge in [-0.05, 0) is 30.7 Å². The van der Waals surface area contributed by atoms with Gasteiger partial charge in [-0.25, -0.2) is 4.98 Å². The van der Waals surface area contributed by atoms with Crippen molar-refractivity contribution in [2.45, 2.75) is 6.92 Å². The fraction of sp³-hybridized carbons (Fsp3) is 0.0667. The van der Waals surface area contributed by atoms with E-state index in [9.17, 15) is 0 Å². The molecule has 3 aromatic rings. The third-order valence-electron chi connectivity index (χ3n) is 3.15. The summed E-state index contributed by atoms with van der Waals surface area (Å²) >= 11 is 0. The maximum Gasteiger partial charge on any atom is 0.142 e. The van der Waals surface area contributed by atoms with Crippen LogP contribution in [0.1, 0.15) is 11.1 Å². The van der Waals surface area contributed by atoms with E-state index in [2.05, 4.69) is 11.1 Å². The number of rotatable bonds is 1. The Kier molecular flexibility index (Phi) is 2.46. The van der Waals surface area contributed by atoms with Crippen LogP contribution in [0.3, 0.4) is 0 Å². The molecular weight excluding hydrogens is 236 g/mol. The molecule has 3 rings (SSSR count). The third kappa shape index (κ3) is 1.72. The minimum atomic E-state index is 0.591. The van der Waals surface area contributed by atoms with E-state index in [1.807, 2.05) is 41.8 Å². The predicted octanol–water partition coefficient (Wildman–Crippen LogP) is 2.76. The van der Waals surface area contributed by atoms with Gasteiger partial charge in [0.25, 0.3) is 0 Å². The molecule has 4 nitrogen and oxygen atoms in total. The lowest BCUT2D eigenvalue weighted by atomic mass is 10.1. The van der Waals surface area contributed by atoms with E-state index in [1.54, 1.807) is 12.1 Å². The Balaban J connectivity index is 2.28. The predicted molar refractivity (Wildman–Crippen MR) is 74.5 cm³/mol. The van der Waals surface area contributed by atoms with Crippen LogP contribution >= 0.6 is 0 Å². The van der Waals surface area contributed by atoms with Crippen molar-refractivity contribution in [2.24, 2.45) is 0 Å². The summed E-state index contributed by atoms with van der Waals surface area (Å²) in [5.41, 5.74) is 10.2. The van der Waals surface area contributed by atoms with E-state index in [0.717, 1.165) is 16.8 Å². The molecule has 4 heteroatoms. The molecular formula is C15H12N4. The maximum absolute atomic E-state index is 8.96. The van der Waals surface area contributed by atoms with Gasteiger partial charge in [-0.3, -0.25) is 4.40 Å². The van der Waals surface area contributed by atoms with Gasteiger partial charge in [-0.15, -0.1) is 0 Å². The number of nitrogen functional groups attached to an aromatic ring is 1. The molecule has 2 aromatic heterocycles. The average Bonchev–Trinajstić information content (AvgIpc) is 2.78. The summed E-state index contributed by atoms with van der Waals surface area (Å²) in [4.78, 5) is 4.59. The lowest BCUT2D eigenvalue weighted by Gasteiger charge is -2.00. The van der Waals surface area contributed by atoms with Gasteiger partial charge in [-0.2, -0.15) is 5.26 Å². The second kappa shape index (κ2) is 4.14. The van der Waals surface area contributed by atoms with Crippen molar-refractivity contribution in [1.82, 2.24) is 9.38 Å². The zero-order chi connectivity index (χ0) is 13.4. The molecule has 0 amide bonds. The van der Waals surface area contributed by atoms with Crippen LogP contribution in [0.2, 0.25) is 0 Å². The van der Waals surface area contributed by atoms with E-state index < -0.39 is 0 Å². The van der Waals surface area contributed by atoms with Crippen molar-refractivity contribution in [3.63, 3.8) is 0 Å². The van der Waals surface area contributed by atoms with Crippen molar-refractivity contribution in [3.8, 4) is 17.3 Å². The minimum Gasteiger partial charge on any atom is -0.383 e. The Bertz CT molecular complexity index is 809. The lowest BCUT2D eigenvalue weighted by Crippen LogP contribution is -1.94. The van der Waals surface area contributed by atoms with E-state index >= 15 is 0 Å². The highest BCUT2D eigenvalue weighted by molar-refractivity contribution is 5.76. The molecule has 0 radical (unpaired) electrons. The van der Waals surface area contributed by atoms with Crippen LogP contribution in [0.15, 0.2) is 42.6 Å². The smallest absolute Gasteiger partial charge is 0.142 e. The highest BCUT2D eigenvalue weighted by Gasteiger charge is 2.12. The fourth-order valence-corrected chi connectivity index (χ4v) is 2.17.